The number of thiazole rings is 1. The summed E-state index contributed by atoms with van der Waals surface area (Å²) in [6.45, 7) is 7.50. The molecule has 1 rings (SSSR count). The second kappa shape index (κ2) is 10.2. The fourth-order valence-electron chi connectivity index (χ4n) is 1.60. The van der Waals surface area contributed by atoms with Crippen molar-refractivity contribution in [3.63, 3.8) is 0 Å². The Labute approximate surface area is 137 Å². The van der Waals surface area contributed by atoms with Crippen molar-refractivity contribution in [2.75, 3.05) is 20.6 Å². The zero-order valence-corrected chi connectivity index (χ0v) is 15.0. The minimum Gasteiger partial charge on any atom is -0.350 e. The van der Waals surface area contributed by atoms with Crippen molar-refractivity contribution in [2.45, 2.75) is 26.3 Å². The van der Waals surface area contributed by atoms with Crippen molar-refractivity contribution in [3.8, 4) is 0 Å². The number of hydrogen-bond donors (Lipinski definition) is 1. The van der Waals surface area contributed by atoms with E-state index in [1.165, 1.54) is 4.88 Å². The Morgan fingerprint density at radius 3 is 2.89 bits per heavy atom. The Hall–Kier alpha value is -0.630. The molecule has 6 heteroatoms. The van der Waals surface area contributed by atoms with Gasteiger partial charge in [0.1, 0.15) is 5.01 Å². The van der Waals surface area contributed by atoms with Crippen molar-refractivity contribution in [1.29, 1.82) is 0 Å². The Morgan fingerprint density at radius 1 is 1.63 bits per heavy atom. The molecular formula is C13H23IN4S. The van der Waals surface area contributed by atoms with Gasteiger partial charge >= 0.3 is 0 Å². The maximum absolute atomic E-state index is 4.33. The first-order chi connectivity index (χ1) is 8.67. The number of allylic oxidation sites excluding steroid dienone is 1. The Kier molecular flexibility index (Phi) is 9.85. The van der Waals surface area contributed by atoms with Gasteiger partial charge in [0.05, 0.1) is 6.54 Å². The molecule has 1 aromatic heterocycles. The molecular weight excluding hydrogens is 371 g/mol. The number of hydrogen-bond acceptors (Lipinski definition) is 3. The predicted octanol–water partition coefficient (Wildman–Crippen LogP) is 3.04. The third-order valence-electron chi connectivity index (χ3n) is 2.54. The van der Waals surface area contributed by atoms with Gasteiger partial charge in [-0.15, -0.1) is 41.9 Å². The lowest BCUT2D eigenvalue weighted by Crippen LogP contribution is -2.38. The molecule has 0 unspecified atom stereocenters. The maximum atomic E-state index is 4.33. The molecule has 108 valence electrons. The van der Waals surface area contributed by atoms with Crippen molar-refractivity contribution in [3.05, 3.63) is 28.7 Å². The van der Waals surface area contributed by atoms with E-state index in [9.17, 15) is 0 Å². The van der Waals surface area contributed by atoms with E-state index in [-0.39, 0.29) is 24.0 Å². The van der Waals surface area contributed by atoms with Gasteiger partial charge in [-0.05, 0) is 19.8 Å². The molecule has 1 aromatic rings. The quantitative estimate of drug-likeness (QED) is 0.265. The van der Waals surface area contributed by atoms with Crippen LogP contribution in [0.2, 0.25) is 0 Å². The van der Waals surface area contributed by atoms with Crippen molar-refractivity contribution in [1.82, 2.24) is 15.2 Å². The van der Waals surface area contributed by atoms with Gasteiger partial charge in [-0.2, -0.15) is 0 Å². The molecule has 4 nitrogen and oxygen atoms in total. The number of nitrogens with zero attached hydrogens (tertiary/aromatic N) is 3. The highest BCUT2D eigenvalue weighted by Crippen LogP contribution is 2.10. The molecule has 1 N–H and O–H groups in total. The van der Waals surface area contributed by atoms with Crippen LogP contribution in [0, 0.1) is 6.92 Å². The maximum Gasteiger partial charge on any atom is 0.193 e. The number of unbranched alkanes of at least 4 members (excludes halogenated alkanes) is 1. The molecule has 0 atom stereocenters. The van der Waals surface area contributed by atoms with Gasteiger partial charge in [0.15, 0.2) is 5.96 Å². The van der Waals surface area contributed by atoms with Crippen LogP contribution in [0.1, 0.15) is 22.7 Å². The smallest absolute Gasteiger partial charge is 0.193 e. The Morgan fingerprint density at radius 2 is 2.37 bits per heavy atom. The van der Waals surface area contributed by atoms with E-state index in [4.69, 9.17) is 0 Å². The summed E-state index contributed by atoms with van der Waals surface area (Å²) in [5.41, 5.74) is 0. The zero-order valence-electron chi connectivity index (χ0n) is 11.8. The van der Waals surface area contributed by atoms with Crippen LogP contribution < -0.4 is 5.32 Å². The third-order valence-corrected chi connectivity index (χ3v) is 3.45. The van der Waals surface area contributed by atoms with E-state index >= 15 is 0 Å². The van der Waals surface area contributed by atoms with E-state index in [2.05, 4.69) is 33.7 Å². The van der Waals surface area contributed by atoms with Gasteiger partial charge in [-0.1, -0.05) is 6.08 Å². The van der Waals surface area contributed by atoms with Crippen LogP contribution in [0.15, 0.2) is 23.8 Å². The molecule has 0 aliphatic heterocycles. The monoisotopic (exact) mass is 394 g/mol. The SMILES string of the molecule is C=CCCCN(C)C(=NC)NCc1ncc(C)s1.I. The average molecular weight is 394 g/mol. The number of aryl methyl sites for hydroxylation is 1. The van der Waals surface area contributed by atoms with Gasteiger partial charge in [-0.25, -0.2) is 4.98 Å². The molecule has 0 bridgehead atoms. The lowest BCUT2D eigenvalue weighted by Gasteiger charge is -2.21. The van der Waals surface area contributed by atoms with Crippen LogP contribution in [0.3, 0.4) is 0 Å². The summed E-state index contributed by atoms with van der Waals surface area (Å²) in [7, 11) is 3.85. The van der Waals surface area contributed by atoms with Gasteiger partial charge in [0.2, 0.25) is 0 Å². The Bertz CT molecular complexity index is 403. The number of aromatic nitrogens is 1. The first-order valence-electron chi connectivity index (χ1n) is 6.11. The minimum absolute atomic E-state index is 0. The van der Waals surface area contributed by atoms with Gasteiger partial charge in [-0.3, -0.25) is 4.99 Å². The highest BCUT2D eigenvalue weighted by atomic mass is 127. The topological polar surface area (TPSA) is 40.5 Å². The van der Waals surface area contributed by atoms with Crippen molar-refractivity contribution >= 4 is 41.3 Å². The molecule has 0 saturated carbocycles. The zero-order chi connectivity index (χ0) is 13.4. The third kappa shape index (κ3) is 6.91. The molecule has 0 radical (unpaired) electrons. The minimum atomic E-state index is 0. The molecule has 0 aromatic carbocycles. The molecule has 19 heavy (non-hydrogen) atoms. The summed E-state index contributed by atoms with van der Waals surface area (Å²) in [5.74, 6) is 0.909. The van der Waals surface area contributed by atoms with Crippen LogP contribution in [0.5, 0.6) is 0 Å². The summed E-state index contributed by atoms with van der Waals surface area (Å²) in [6, 6.07) is 0. The fourth-order valence-corrected chi connectivity index (χ4v) is 2.33. The molecule has 0 aliphatic carbocycles. The predicted molar refractivity (Wildman–Crippen MR) is 94.5 cm³/mol. The van der Waals surface area contributed by atoms with Crippen molar-refractivity contribution in [2.24, 2.45) is 4.99 Å². The molecule has 0 amide bonds. The van der Waals surface area contributed by atoms with E-state index < -0.39 is 0 Å². The average Bonchev–Trinajstić information content (AvgIpc) is 2.76. The van der Waals surface area contributed by atoms with Gasteiger partial charge < -0.3 is 10.2 Å². The number of aliphatic imine (C=N–C) groups is 1. The first-order valence-corrected chi connectivity index (χ1v) is 6.93. The summed E-state index contributed by atoms with van der Waals surface area (Å²) in [5, 5.41) is 4.41. The normalized spacial score (nSPS) is 10.8. The molecule has 0 fully saturated rings. The number of rotatable bonds is 6. The number of nitrogens with one attached hydrogen (secondary N) is 1. The summed E-state index contributed by atoms with van der Waals surface area (Å²) in [4.78, 5) is 12.0. The largest absolute Gasteiger partial charge is 0.350 e. The fraction of sp³-hybridized carbons (Fsp3) is 0.538. The number of guanidine groups is 1. The van der Waals surface area contributed by atoms with E-state index in [0.717, 1.165) is 36.9 Å². The highest BCUT2D eigenvalue weighted by Gasteiger charge is 2.06. The first kappa shape index (κ1) is 18.4. The van der Waals surface area contributed by atoms with Crippen LogP contribution in [0.4, 0.5) is 0 Å². The standard InChI is InChI=1S/C13H22N4S.HI/c1-5-6-7-8-17(4)13(14-3)16-10-12-15-9-11(2)18-12;/h5,9H,1,6-8,10H2,2-4H3,(H,14,16);1H. The van der Waals surface area contributed by atoms with E-state index in [0.29, 0.717) is 0 Å². The number of halogens is 1. The lowest BCUT2D eigenvalue weighted by atomic mass is 10.3. The summed E-state index contributed by atoms with van der Waals surface area (Å²) in [6.07, 6.45) is 5.98. The second-order valence-electron chi connectivity index (χ2n) is 4.12. The highest BCUT2D eigenvalue weighted by molar-refractivity contribution is 14.0. The molecule has 1 heterocycles. The van der Waals surface area contributed by atoms with E-state index in [1.54, 1.807) is 18.4 Å². The van der Waals surface area contributed by atoms with Crippen molar-refractivity contribution < 1.29 is 0 Å². The molecule has 0 saturated heterocycles. The Balaban J connectivity index is 0.00000324. The summed E-state index contributed by atoms with van der Waals surface area (Å²) >= 11 is 1.71. The van der Waals surface area contributed by atoms with Crippen LogP contribution in [0.25, 0.3) is 0 Å². The van der Waals surface area contributed by atoms with Crippen LogP contribution in [-0.2, 0) is 6.54 Å². The van der Waals surface area contributed by atoms with E-state index in [1.807, 2.05) is 19.3 Å². The van der Waals surface area contributed by atoms with Gasteiger partial charge in [0.25, 0.3) is 0 Å². The second-order valence-corrected chi connectivity index (χ2v) is 5.44. The molecule has 0 aliphatic rings. The molecule has 0 spiro atoms. The van der Waals surface area contributed by atoms with Crippen LogP contribution in [-0.4, -0.2) is 36.5 Å². The lowest BCUT2D eigenvalue weighted by molar-refractivity contribution is 0.470. The van der Waals surface area contributed by atoms with Crippen LogP contribution >= 0.6 is 35.3 Å². The summed E-state index contributed by atoms with van der Waals surface area (Å²) < 4.78 is 0. The van der Waals surface area contributed by atoms with Gasteiger partial charge in [0, 0.05) is 31.7 Å².